The fraction of sp³-hybridized carbons (Fsp3) is 0.500. The van der Waals surface area contributed by atoms with Crippen molar-refractivity contribution >= 4 is 16.9 Å². The van der Waals surface area contributed by atoms with Crippen LogP contribution in [0.25, 0.3) is 0 Å². The van der Waals surface area contributed by atoms with Crippen molar-refractivity contribution in [3.05, 3.63) is 5.75 Å². The van der Waals surface area contributed by atoms with Crippen molar-refractivity contribution in [2.45, 2.75) is 13.3 Å². The zero-order chi connectivity index (χ0) is 7.82. The number of hydrogen-bond acceptors (Lipinski definition) is 3. The summed E-state index contributed by atoms with van der Waals surface area (Å²) >= 11 is 1.44. The topological polar surface area (TPSA) is 48.2 Å². The second kappa shape index (κ2) is 6.43. The van der Waals surface area contributed by atoms with Crippen LogP contribution in [0, 0.1) is 17.2 Å². The van der Waals surface area contributed by atoms with Crippen LogP contribution in [0.2, 0.25) is 0 Å². The molecule has 3 nitrogen and oxygen atoms in total. The van der Waals surface area contributed by atoms with E-state index in [1.165, 1.54) is 11.8 Å². The summed E-state index contributed by atoms with van der Waals surface area (Å²) in [5.41, 5.74) is 0. The van der Waals surface area contributed by atoms with Gasteiger partial charge in [0, 0.05) is 12.8 Å². The molecule has 0 aromatic heterocycles. The molecule has 0 saturated heterocycles. The molecule has 0 aromatic carbocycles. The highest BCUT2D eigenvalue weighted by Crippen LogP contribution is 2.08. The summed E-state index contributed by atoms with van der Waals surface area (Å²) in [6, 6.07) is 0. The maximum absolute atomic E-state index is 8.16. The first-order valence-electron chi connectivity index (χ1n) is 2.98. The number of nitrogens with one attached hydrogen (secondary N) is 1. The lowest BCUT2D eigenvalue weighted by Crippen LogP contribution is -2.13. The van der Waals surface area contributed by atoms with Crippen LogP contribution < -0.4 is 5.32 Å². The van der Waals surface area contributed by atoms with Gasteiger partial charge in [-0.1, -0.05) is 18.7 Å². The van der Waals surface area contributed by atoms with Crippen LogP contribution >= 0.6 is 11.8 Å². The van der Waals surface area contributed by atoms with E-state index in [4.69, 9.17) is 5.26 Å². The molecular weight excluding hydrogens is 146 g/mol. The van der Waals surface area contributed by atoms with Crippen LogP contribution in [0.4, 0.5) is 0 Å². The number of hydrogen-bond donors (Lipinski definition) is 1. The lowest BCUT2D eigenvalue weighted by Gasteiger charge is -1.98. The zero-order valence-electron chi connectivity index (χ0n) is 6.09. The zero-order valence-corrected chi connectivity index (χ0v) is 6.90. The minimum absolute atomic E-state index is 0.643. The molecule has 0 aliphatic carbocycles. The summed E-state index contributed by atoms with van der Waals surface area (Å²) in [6.07, 6.45) is 2.68. The summed E-state index contributed by atoms with van der Waals surface area (Å²) in [7, 11) is 1.74. The van der Waals surface area contributed by atoms with Crippen molar-refractivity contribution in [3.63, 3.8) is 0 Å². The lowest BCUT2D eigenvalue weighted by molar-refractivity contribution is 1.18. The smallest absolute Gasteiger partial charge is 0.208 e. The van der Waals surface area contributed by atoms with E-state index in [0.29, 0.717) is 5.17 Å². The highest BCUT2D eigenvalue weighted by atomic mass is 32.2. The Balaban J connectivity index is 3.63. The standard InChI is InChI=1S/C6H10N3S/c1-3-4-10-6(8-2)9-5-7/h4H,3H2,1-2H3,(H,8,9). The average Bonchev–Trinajstić information content (AvgIpc) is 1.98. The fourth-order valence-electron chi connectivity index (χ4n) is 0.349. The Bertz CT molecular complexity index is 148. The lowest BCUT2D eigenvalue weighted by atomic mass is 10.6. The van der Waals surface area contributed by atoms with E-state index in [1.807, 2.05) is 12.7 Å². The normalized spacial score (nSPS) is 10.7. The Morgan fingerprint density at radius 3 is 3.00 bits per heavy atom. The second-order valence-electron chi connectivity index (χ2n) is 1.46. The first-order chi connectivity index (χ1) is 4.85. The van der Waals surface area contributed by atoms with Gasteiger partial charge in [0.05, 0.1) is 0 Å². The Morgan fingerprint density at radius 2 is 2.60 bits per heavy atom. The predicted octanol–water partition coefficient (Wildman–Crippen LogP) is 1.35. The molecule has 0 amide bonds. The maximum Gasteiger partial charge on any atom is 0.208 e. The highest BCUT2D eigenvalue weighted by Gasteiger charge is 1.93. The molecule has 55 valence electrons. The van der Waals surface area contributed by atoms with Crippen LogP contribution in [0.3, 0.4) is 0 Å². The van der Waals surface area contributed by atoms with Gasteiger partial charge in [0.2, 0.25) is 6.19 Å². The number of thioether (sulfide) groups is 1. The summed E-state index contributed by atoms with van der Waals surface area (Å²) in [5, 5.41) is 11.6. The van der Waals surface area contributed by atoms with Gasteiger partial charge in [0.25, 0.3) is 0 Å². The first kappa shape index (κ1) is 9.31. The molecule has 10 heavy (non-hydrogen) atoms. The molecular formula is C6H10N3S. The van der Waals surface area contributed by atoms with Crippen LogP contribution in [0.5, 0.6) is 0 Å². The quantitative estimate of drug-likeness (QED) is 0.373. The second-order valence-corrected chi connectivity index (χ2v) is 2.42. The third-order valence-electron chi connectivity index (χ3n) is 0.727. The van der Waals surface area contributed by atoms with E-state index >= 15 is 0 Å². The SMILES string of the molecule is CC[CH]S/C(=N/C#N)NC. The summed E-state index contributed by atoms with van der Waals surface area (Å²) in [4.78, 5) is 3.52. The molecule has 0 aliphatic rings. The summed E-state index contributed by atoms with van der Waals surface area (Å²) in [6.45, 7) is 2.03. The number of nitriles is 1. The highest BCUT2D eigenvalue weighted by molar-refractivity contribution is 8.15. The molecule has 0 spiro atoms. The summed E-state index contributed by atoms with van der Waals surface area (Å²) in [5.74, 6) is 1.98. The number of amidine groups is 1. The molecule has 0 aromatic rings. The molecule has 0 rings (SSSR count). The van der Waals surface area contributed by atoms with E-state index in [9.17, 15) is 0 Å². The molecule has 0 atom stereocenters. The van der Waals surface area contributed by atoms with E-state index in [0.717, 1.165) is 6.42 Å². The molecule has 1 radical (unpaired) electrons. The van der Waals surface area contributed by atoms with Crippen LogP contribution in [-0.4, -0.2) is 12.2 Å². The van der Waals surface area contributed by atoms with E-state index in [1.54, 1.807) is 13.2 Å². The molecule has 0 saturated carbocycles. The van der Waals surface area contributed by atoms with Gasteiger partial charge in [-0.3, -0.25) is 0 Å². The molecule has 4 heteroatoms. The Labute approximate surface area is 65.5 Å². The Hall–Kier alpha value is -0.690. The van der Waals surface area contributed by atoms with Crippen molar-refractivity contribution in [1.29, 1.82) is 5.26 Å². The molecule has 0 heterocycles. The predicted molar refractivity (Wildman–Crippen MR) is 44.3 cm³/mol. The number of nitrogens with zero attached hydrogens (tertiary/aromatic N) is 2. The van der Waals surface area contributed by atoms with Crippen LogP contribution in [0.1, 0.15) is 13.3 Å². The molecule has 0 bridgehead atoms. The number of aliphatic imine (C=N–C) groups is 1. The minimum Gasteiger partial charge on any atom is -0.367 e. The third-order valence-corrected chi connectivity index (χ3v) is 1.75. The van der Waals surface area contributed by atoms with Crippen molar-refractivity contribution < 1.29 is 0 Å². The van der Waals surface area contributed by atoms with Gasteiger partial charge in [-0.05, 0) is 6.42 Å². The minimum atomic E-state index is 0.643. The van der Waals surface area contributed by atoms with Gasteiger partial charge in [0.15, 0.2) is 5.17 Å². The van der Waals surface area contributed by atoms with E-state index in [-0.39, 0.29) is 0 Å². The molecule has 0 fully saturated rings. The van der Waals surface area contributed by atoms with Crippen molar-refractivity contribution in [3.8, 4) is 6.19 Å². The molecule has 1 N–H and O–H groups in total. The van der Waals surface area contributed by atoms with Gasteiger partial charge in [0.1, 0.15) is 0 Å². The van der Waals surface area contributed by atoms with Gasteiger partial charge in [-0.2, -0.15) is 5.26 Å². The fourth-order valence-corrected chi connectivity index (χ4v) is 0.885. The van der Waals surface area contributed by atoms with E-state index < -0.39 is 0 Å². The van der Waals surface area contributed by atoms with E-state index in [2.05, 4.69) is 10.3 Å². The maximum atomic E-state index is 8.16. The Kier molecular flexibility index (Phi) is 5.99. The summed E-state index contributed by atoms with van der Waals surface area (Å²) < 4.78 is 0. The van der Waals surface area contributed by atoms with Crippen molar-refractivity contribution in [1.82, 2.24) is 5.32 Å². The first-order valence-corrected chi connectivity index (χ1v) is 3.86. The van der Waals surface area contributed by atoms with Gasteiger partial charge in [-0.15, -0.1) is 4.99 Å². The van der Waals surface area contributed by atoms with Crippen LogP contribution in [-0.2, 0) is 0 Å². The molecule has 0 unspecified atom stereocenters. The monoisotopic (exact) mass is 156 g/mol. The van der Waals surface area contributed by atoms with Gasteiger partial charge >= 0.3 is 0 Å². The van der Waals surface area contributed by atoms with Crippen molar-refractivity contribution in [2.24, 2.45) is 4.99 Å². The Morgan fingerprint density at radius 1 is 1.90 bits per heavy atom. The third kappa shape index (κ3) is 4.21. The van der Waals surface area contributed by atoms with Crippen LogP contribution in [0.15, 0.2) is 4.99 Å². The average molecular weight is 156 g/mol. The van der Waals surface area contributed by atoms with Gasteiger partial charge in [-0.25, -0.2) is 0 Å². The van der Waals surface area contributed by atoms with Gasteiger partial charge < -0.3 is 5.32 Å². The largest absolute Gasteiger partial charge is 0.367 e. The number of rotatable bonds is 2. The molecule has 0 aliphatic heterocycles. The van der Waals surface area contributed by atoms with Crippen molar-refractivity contribution in [2.75, 3.05) is 7.05 Å².